The number of hydrogen-bond acceptors (Lipinski definition) is 9. The second-order valence-electron chi connectivity index (χ2n) is 11.9. The van der Waals surface area contributed by atoms with Gasteiger partial charge in [-0.2, -0.15) is 4.98 Å². The van der Waals surface area contributed by atoms with Gasteiger partial charge in [-0.25, -0.2) is 13.4 Å². The molecule has 44 heavy (non-hydrogen) atoms. The van der Waals surface area contributed by atoms with Gasteiger partial charge in [-0.3, -0.25) is 9.36 Å². The predicted octanol–water partition coefficient (Wildman–Crippen LogP) is 4.71. The number of rotatable bonds is 7. The molecule has 2 saturated heterocycles. The fourth-order valence-corrected chi connectivity index (χ4v) is 8.15. The monoisotopic (exact) mass is 635 g/mol. The number of piperazine rings is 1. The molecular formula is C32H38ClN7O3S. The summed E-state index contributed by atoms with van der Waals surface area (Å²) in [7, 11) is -1.52. The van der Waals surface area contributed by atoms with E-state index in [1.165, 1.54) is 0 Å². The van der Waals surface area contributed by atoms with Crippen molar-refractivity contribution < 1.29 is 8.42 Å². The molecule has 4 aromatic rings. The van der Waals surface area contributed by atoms with Crippen molar-refractivity contribution in [2.75, 3.05) is 56.5 Å². The highest BCUT2D eigenvalue weighted by Crippen LogP contribution is 2.31. The van der Waals surface area contributed by atoms with Crippen LogP contribution in [0, 0.1) is 0 Å². The maximum absolute atomic E-state index is 13.9. The van der Waals surface area contributed by atoms with Crippen LogP contribution in [-0.2, 0) is 9.84 Å². The van der Waals surface area contributed by atoms with E-state index in [2.05, 4.69) is 25.4 Å². The number of likely N-dealkylation sites (tertiary alicyclic amines) is 1. The lowest BCUT2D eigenvalue weighted by molar-refractivity contribution is 0.277. The van der Waals surface area contributed by atoms with Crippen LogP contribution in [0.25, 0.3) is 22.2 Å². The van der Waals surface area contributed by atoms with Gasteiger partial charge in [0.1, 0.15) is 5.65 Å². The summed E-state index contributed by atoms with van der Waals surface area (Å²) in [5.41, 5.74) is 2.95. The molecule has 10 nitrogen and oxygen atoms in total. The summed E-state index contributed by atoms with van der Waals surface area (Å²) in [4.78, 5) is 27.8. The van der Waals surface area contributed by atoms with Gasteiger partial charge in [-0.15, -0.1) is 0 Å². The minimum Gasteiger partial charge on any atom is -0.368 e. The van der Waals surface area contributed by atoms with Gasteiger partial charge in [0.05, 0.1) is 20.9 Å². The molecule has 2 N–H and O–H groups in total. The molecule has 2 aliphatic rings. The molecule has 0 unspecified atom stereocenters. The topological polar surface area (TPSA) is 112 Å². The summed E-state index contributed by atoms with van der Waals surface area (Å²) in [6.45, 7) is 8.98. The molecule has 0 saturated carbocycles. The van der Waals surface area contributed by atoms with Crippen LogP contribution < -0.4 is 21.1 Å². The summed E-state index contributed by atoms with van der Waals surface area (Å²) < 4.78 is 28.7. The van der Waals surface area contributed by atoms with Gasteiger partial charge < -0.3 is 20.4 Å². The van der Waals surface area contributed by atoms with Gasteiger partial charge in [0.15, 0.2) is 9.84 Å². The molecule has 2 aromatic carbocycles. The van der Waals surface area contributed by atoms with Crippen molar-refractivity contribution in [3.05, 3.63) is 70.1 Å². The molecule has 2 aliphatic heterocycles. The molecule has 232 valence electrons. The number of nitrogens with zero attached hydrogens (tertiary/aromatic N) is 5. The third-order valence-corrected chi connectivity index (χ3v) is 11.1. The van der Waals surface area contributed by atoms with Gasteiger partial charge in [0, 0.05) is 55.1 Å². The number of piperidine rings is 1. The minimum atomic E-state index is -3.53. The van der Waals surface area contributed by atoms with Gasteiger partial charge in [0.2, 0.25) is 5.95 Å². The molecule has 12 heteroatoms. The number of pyridine rings is 1. The number of benzene rings is 2. The van der Waals surface area contributed by atoms with Crippen molar-refractivity contribution in [1.82, 2.24) is 24.8 Å². The number of hydrogen-bond donors (Lipinski definition) is 2. The molecule has 6 rings (SSSR count). The van der Waals surface area contributed by atoms with E-state index in [-0.39, 0.29) is 16.5 Å². The van der Waals surface area contributed by atoms with E-state index in [9.17, 15) is 13.2 Å². The van der Waals surface area contributed by atoms with Crippen molar-refractivity contribution in [2.45, 2.75) is 42.9 Å². The van der Waals surface area contributed by atoms with Gasteiger partial charge in [-0.1, -0.05) is 23.7 Å². The summed E-state index contributed by atoms with van der Waals surface area (Å²) in [5.74, 6) is 0.344. The summed E-state index contributed by atoms with van der Waals surface area (Å²) in [5, 5.41) is 7.47. The first-order chi connectivity index (χ1) is 21.1. The van der Waals surface area contributed by atoms with Crippen LogP contribution in [0.15, 0.2) is 64.4 Å². The highest BCUT2D eigenvalue weighted by atomic mass is 35.5. The first-order valence-corrected chi connectivity index (χ1v) is 17.0. The van der Waals surface area contributed by atoms with E-state index in [4.69, 9.17) is 16.6 Å². The Kier molecular flexibility index (Phi) is 8.65. The maximum atomic E-state index is 13.9. The standard InChI is InChI=1S/C32H38ClN7O3S/c1-21(2)40-30-23(20-35-32(37-30)36-24-7-8-29(28(33)19-24)39-15-11-34-12-16-39)18-27(31(40)41)22-5-4-6-26(17-22)44(42,43)25-9-13-38(3)14-10-25/h4-8,17-21,25,34H,9-16H2,1-3H3,(H,35,36,37). The molecule has 0 spiro atoms. The molecule has 0 amide bonds. The van der Waals surface area contributed by atoms with Crippen molar-refractivity contribution >= 4 is 49.8 Å². The maximum Gasteiger partial charge on any atom is 0.260 e. The van der Waals surface area contributed by atoms with Crippen molar-refractivity contribution in [3.8, 4) is 11.1 Å². The van der Waals surface area contributed by atoms with Crippen LogP contribution >= 0.6 is 11.6 Å². The fourth-order valence-electron chi connectivity index (χ4n) is 6.07. The second-order valence-corrected chi connectivity index (χ2v) is 14.5. The number of anilines is 3. The lowest BCUT2D eigenvalue weighted by Gasteiger charge is -2.30. The predicted molar refractivity (Wildman–Crippen MR) is 177 cm³/mol. The Bertz CT molecular complexity index is 1850. The van der Waals surface area contributed by atoms with Crippen LogP contribution in [0.2, 0.25) is 5.02 Å². The largest absolute Gasteiger partial charge is 0.368 e. The van der Waals surface area contributed by atoms with E-state index in [1.807, 2.05) is 39.1 Å². The quantitative estimate of drug-likeness (QED) is 0.298. The van der Waals surface area contributed by atoms with Gasteiger partial charge in [-0.05, 0) is 88.8 Å². The Hall–Kier alpha value is -3.51. The smallest absolute Gasteiger partial charge is 0.260 e. The van der Waals surface area contributed by atoms with Crippen molar-refractivity contribution in [3.63, 3.8) is 0 Å². The minimum absolute atomic E-state index is 0.202. The first-order valence-electron chi connectivity index (χ1n) is 15.1. The van der Waals surface area contributed by atoms with Crippen molar-refractivity contribution in [2.24, 2.45) is 0 Å². The van der Waals surface area contributed by atoms with E-state index in [0.29, 0.717) is 46.0 Å². The van der Waals surface area contributed by atoms with Crippen LogP contribution in [-0.4, -0.2) is 79.4 Å². The molecule has 0 atom stereocenters. The third kappa shape index (κ3) is 6.06. The zero-order chi connectivity index (χ0) is 31.0. The normalized spacial score (nSPS) is 17.0. The van der Waals surface area contributed by atoms with Crippen LogP contribution in [0.5, 0.6) is 0 Å². The lowest BCUT2D eigenvalue weighted by Crippen LogP contribution is -2.43. The highest BCUT2D eigenvalue weighted by molar-refractivity contribution is 7.92. The SMILES string of the molecule is CC(C)n1c(=O)c(-c2cccc(S(=O)(=O)C3CCN(C)CC3)c2)cc2cnc(Nc3ccc(N4CCNCC4)c(Cl)c3)nc21. The second kappa shape index (κ2) is 12.5. The lowest BCUT2D eigenvalue weighted by atomic mass is 10.1. The van der Waals surface area contributed by atoms with E-state index in [0.717, 1.165) is 50.6 Å². The van der Waals surface area contributed by atoms with Gasteiger partial charge >= 0.3 is 0 Å². The molecule has 0 bridgehead atoms. The Morgan fingerprint density at radius 2 is 1.77 bits per heavy atom. The molecule has 2 aromatic heterocycles. The number of nitrogens with one attached hydrogen (secondary N) is 2. The van der Waals surface area contributed by atoms with Crippen molar-refractivity contribution in [1.29, 1.82) is 0 Å². The fraction of sp³-hybridized carbons (Fsp3) is 0.406. The molecule has 0 radical (unpaired) electrons. The third-order valence-electron chi connectivity index (χ3n) is 8.53. The Morgan fingerprint density at radius 1 is 1.02 bits per heavy atom. The van der Waals surface area contributed by atoms with E-state index < -0.39 is 15.1 Å². The number of fused-ring (bicyclic) bond motifs is 1. The Labute approximate surface area is 263 Å². The van der Waals surface area contributed by atoms with E-state index >= 15 is 0 Å². The van der Waals surface area contributed by atoms with Gasteiger partial charge in [0.25, 0.3) is 5.56 Å². The summed E-state index contributed by atoms with van der Waals surface area (Å²) in [6.07, 6.45) is 2.88. The Morgan fingerprint density at radius 3 is 2.48 bits per heavy atom. The zero-order valence-electron chi connectivity index (χ0n) is 25.3. The Balaban J connectivity index is 1.32. The highest BCUT2D eigenvalue weighted by Gasteiger charge is 2.31. The number of sulfone groups is 1. The first kappa shape index (κ1) is 30.5. The molecule has 2 fully saturated rings. The van der Waals surface area contributed by atoms with Crippen LogP contribution in [0.3, 0.4) is 0 Å². The number of halogens is 1. The molecular weight excluding hydrogens is 598 g/mol. The summed E-state index contributed by atoms with van der Waals surface area (Å²) in [6, 6.07) is 14.1. The number of aromatic nitrogens is 3. The zero-order valence-corrected chi connectivity index (χ0v) is 26.8. The average Bonchev–Trinajstić information content (AvgIpc) is 3.01. The molecule has 0 aliphatic carbocycles. The van der Waals surface area contributed by atoms with Crippen LogP contribution in [0.1, 0.15) is 32.7 Å². The average molecular weight is 636 g/mol. The summed E-state index contributed by atoms with van der Waals surface area (Å²) >= 11 is 6.65. The molecule has 4 heterocycles. The van der Waals surface area contributed by atoms with Crippen LogP contribution in [0.4, 0.5) is 17.3 Å². The van der Waals surface area contributed by atoms with E-state index in [1.54, 1.807) is 41.1 Å².